The van der Waals surface area contributed by atoms with Crippen molar-refractivity contribution in [3.63, 3.8) is 0 Å². The lowest BCUT2D eigenvalue weighted by molar-refractivity contribution is 0.0598. The fraction of sp³-hybridized carbons (Fsp3) is 1.00. The van der Waals surface area contributed by atoms with Crippen LogP contribution >= 0.6 is 0 Å². The molecule has 0 aromatic carbocycles. The maximum atomic E-state index is 3.65. The second-order valence-corrected chi connectivity index (χ2v) is 7.38. The zero-order valence-corrected chi connectivity index (χ0v) is 13.4. The van der Waals surface area contributed by atoms with E-state index in [1.165, 1.54) is 84.2 Å². The van der Waals surface area contributed by atoms with Gasteiger partial charge < -0.3 is 10.2 Å². The Labute approximate surface area is 125 Å². The van der Waals surface area contributed by atoms with E-state index in [1.54, 1.807) is 0 Å². The summed E-state index contributed by atoms with van der Waals surface area (Å²) in [4.78, 5) is 5.50. The molecule has 1 heterocycles. The van der Waals surface area contributed by atoms with Gasteiger partial charge in [-0.25, -0.2) is 0 Å². The van der Waals surface area contributed by atoms with E-state index in [-0.39, 0.29) is 0 Å². The van der Waals surface area contributed by atoms with Crippen LogP contribution in [0.4, 0.5) is 0 Å². The van der Waals surface area contributed by atoms with Gasteiger partial charge in [0.1, 0.15) is 0 Å². The molecule has 1 aliphatic heterocycles. The summed E-state index contributed by atoms with van der Waals surface area (Å²) in [6, 6.07) is 0.961. The Morgan fingerprint density at radius 1 is 1.00 bits per heavy atom. The fourth-order valence-electron chi connectivity index (χ4n) is 4.28. The molecular formula is C17H33N3. The van der Waals surface area contributed by atoms with E-state index >= 15 is 0 Å². The molecule has 3 heteroatoms. The first-order chi connectivity index (χ1) is 9.81. The van der Waals surface area contributed by atoms with Gasteiger partial charge in [-0.15, -0.1) is 0 Å². The molecule has 0 radical (unpaired) electrons. The van der Waals surface area contributed by atoms with Gasteiger partial charge >= 0.3 is 0 Å². The Bertz CT molecular complexity index is 287. The first-order valence-electron chi connectivity index (χ1n) is 8.98. The molecule has 3 aliphatic rings. The Morgan fingerprint density at radius 2 is 1.70 bits per heavy atom. The van der Waals surface area contributed by atoms with Gasteiger partial charge in [-0.1, -0.05) is 26.2 Å². The average molecular weight is 279 g/mol. The number of piperazine rings is 1. The van der Waals surface area contributed by atoms with Crippen LogP contribution < -0.4 is 5.32 Å². The lowest BCUT2D eigenvalue weighted by Gasteiger charge is -2.44. The molecule has 1 N–H and O–H groups in total. The van der Waals surface area contributed by atoms with E-state index in [4.69, 9.17) is 0 Å². The molecule has 1 saturated heterocycles. The predicted molar refractivity (Wildman–Crippen MR) is 85.1 cm³/mol. The van der Waals surface area contributed by atoms with Gasteiger partial charge in [-0.2, -0.15) is 0 Å². The van der Waals surface area contributed by atoms with Crippen LogP contribution in [-0.4, -0.2) is 61.7 Å². The van der Waals surface area contributed by atoms with Crippen molar-refractivity contribution in [3.8, 4) is 0 Å². The minimum absolute atomic E-state index is 0.579. The number of nitrogens with one attached hydrogen (secondary N) is 1. The van der Waals surface area contributed by atoms with Crippen molar-refractivity contribution in [2.45, 2.75) is 57.9 Å². The fourth-order valence-corrected chi connectivity index (χ4v) is 4.28. The van der Waals surface area contributed by atoms with Crippen LogP contribution in [0.1, 0.15) is 51.9 Å². The zero-order chi connectivity index (χ0) is 13.8. The van der Waals surface area contributed by atoms with E-state index < -0.39 is 0 Å². The van der Waals surface area contributed by atoms with Gasteiger partial charge in [0, 0.05) is 45.3 Å². The normalized spacial score (nSPS) is 28.6. The van der Waals surface area contributed by atoms with Crippen LogP contribution in [0.25, 0.3) is 0 Å². The minimum atomic E-state index is 0.579. The topological polar surface area (TPSA) is 18.5 Å². The largest absolute Gasteiger partial charge is 0.316 e. The molecule has 0 spiro atoms. The summed E-state index contributed by atoms with van der Waals surface area (Å²) < 4.78 is 0. The quantitative estimate of drug-likeness (QED) is 0.805. The molecular weight excluding hydrogens is 246 g/mol. The second-order valence-electron chi connectivity index (χ2n) is 7.38. The molecule has 20 heavy (non-hydrogen) atoms. The summed E-state index contributed by atoms with van der Waals surface area (Å²) in [6.45, 7) is 11.2. The lowest BCUT2D eigenvalue weighted by Crippen LogP contribution is -2.52. The maximum absolute atomic E-state index is 3.65. The average Bonchev–Trinajstić information content (AvgIpc) is 3.32. The molecule has 0 amide bonds. The summed E-state index contributed by atoms with van der Waals surface area (Å²) in [5, 5.41) is 3.65. The molecule has 116 valence electrons. The summed E-state index contributed by atoms with van der Waals surface area (Å²) in [5.74, 6) is 0. The molecule has 2 saturated carbocycles. The van der Waals surface area contributed by atoms with Gasteiger partial charge in [0.05, 0.1) is 0 Å². The van der Waals surface area contributed by atoms with Crippen LogP contribution in [0.15, 0.2) is 0 Å². The number of nitrogens with zero attached hydrogens (tertiary/aromatic N) is 2. The molecule has 3 rings (SSSR count). The van der Waals surface area contributed by atoms with Crippen LogP contribution in [0.3, 0.4) is 0 Å². The smallest absolute Gasteiger partial charge is 0.0113 e. The highest BCUT2D eigenvalue weighted by molar-refractivity contribution is 4.91. The van der Waals surface area contributed by atoms with Crippen molar-refractivity contribution < 1.29 is 0 Å². The van der Waals surface area contributed by atoms with Crippen LogP contribution in [0.5, 0.6) is 0 Å². The van der Waals surface area contributed by atoms with Crippen molar-refractivity contribution in [3.05, 3.63) is 0 Å². The third kappa shape index (κ3) is 3.75. The summed E-state index contributed by atoms with van der Waals surface area (Å²) in [7, 11) is 0. The first kappa shape index (κ1) is 14.8. The third-order valence-electron chi connectivity index (χ3n) is 5.69. The Balaban J connectivity index is 1.50. The minimum Gasteiger partial charge on any atom is -0.316 e. The molecule has 0 atom stereocenters. The molecule has 0 aromatic rings. The molecule has 2 aliphatic carbocycles. The highest BCUT2D eigenvalue weighted by Gasteiger charge is 2.36. The van der Waals surface area contributed by atoms with Gasteiger partial charge in [-0.05, 0) is 37.6 Å². The lowest BCUT2D eigenvalue weighted by atomic mass is 9.73. The van der Waals surface area contributed by atoms with E-state index in [9.17, 15) is 0 Å². The number of rotatable bonds is 6. The number of hydrogen-bond acceptors (Lipinski definition) is 3. The Kier molecular flexibility index (Phi) is 5.00. The highest BCUT2D eigenvalue weighted by atomic mass is 15.3. The molecule has 3 nitrogen and oxygen atoms in total. The Morgan fingerprint density at radius 3 is 2.30 bits per heavy atom. The summed E-state index contributed by atoms with van der Waals surface area (Å²) >= 11 is 0. The van der Waals surface area contributed by atoms with E-state index in [1.807, 2.05) is 0 Å². The monoisotopic (exact) mass is 279 g/mol. The molecule has 3 fully saturated rings. The second kappa shape index (κ2) is 6.76. The number of hydrogen-bond donors (Lipinski definition) is 1. The van der Waals surface area contributed by atoms with E-state index in [0.717, 1.165) is 12.6 Å². The van der Waals surface area contributed by atoms with Crippen molar-refractivity contribution >= 4 is 0 Å². The molecule has 0 unspecified atom stereocenters. The summed E-state index contributed by atoms with van der Waals surface area (Å²) in [5.41, 5.74) is 0.579. The van der Waals surface area contributed by atoms with Crippen LogP contribution in [0.2, 0.25) is 0 Å². The van der Waals surface area contributed by atoms with Crippen molar-refractivity contribution in [2.75, 3.05) is 45.8 Å². The molecule has 0 bridgehead atoms. The summed E-state index contributed by atoms with van der Waals surface area (Å²) in [6.07, 6.45) is 10.2. The first-order valence-corrected chi connectivity index (χ1v) is 8.98. The molecule has 0 aromatic heterocycles. The van der Waals surface area contributed by atoms with Crippen LogP contribution in [0, 0.1) is 5.41 Å². The van der Waals surface area contributed by atoms with Crippen molar-refractivity contribution in [1.29, 1.82) is 0 Å². The maximum Gasteiger partial charge on any atom is 0.0113 e. The zero-order valence-electron chi connectivity index (χ0n) is 13.4. The van der Waals surface area contributed by atoms with Gasteiger partial charge in [-0.3, -0.25) is 4.90 Å². The van der Waals surface area contributed by atoms with E-state index in [2.05, 4.69) is 22.0 Å². The predicted octanol–water partition coefficient (Wildman–Crippen LogP) is 2.33. The Hall–Kier alpha value is -0.120. The standard InChI is InChI=1S/C17H33N3/c1-2-18-14-17(8-4-3-5-9-17)15-19-10-12-20(13-11-19)16-6-7-16/h16,18H,2-15H2,1H3. The SMILES string of the molecule is CCNCC1(CN2CCN(C3CC3)CC2)CCCCC1. The van der Waals surface area contributed by atoms with Gasteiger partial charge in [0.2, 0.25) is 0 Å². The van der Waals surface area contributed by atoms with Gasteiger partial charge in [0.15, 0.2) is 0 Å². The van der Waals surface area contributed by atoms with Crippen molar-refractivity contribution in [2.24, 2.45) is 5.41 Å². The van der Waals surface area contributed by atoms with Crippen molar-refractivity contribution in [1.82, 2.24) is 15.1 Å². The highest BCUT2D eigenvalue weighted by Crippen LogP contribution is 2.37. The van der Waals surface area contributed by atoms with Gasteiger partial charge in [0.25, 0.3) is 0 Å². The third-order valence-corrected chi connectivity index (χ3v) is 5.69. The van der Waals surface area contributed by atoms with E-state index in [0.29, 0.717) is 5.41 Å². The van der Waals surface area contributed by atoms with Crippen LogP contribution in [-0.2, 0) is 0 Å².